The molecule has 0 bridgehead atoms. The van der Waals surface area contributed by atoms with Crippen LogP contribution in [0.5, 0.6) is 0 Å². The van der Waals surface area contributed by atoms with Crippen LogP contribution in [0.1, 0.15) is 55.6 Å². The molecule has 2 aliphatic carbocycles. The third kappa shape index (κ3) is 3.04. The van der Waals surface area contributed by atoms with Crippen molar-refractivity contribution in [3.8, 4) is 0 Å². The minimum Gasteiger partial charge on any atom is -0.353 e. The molecule has 0 saturated heterocycles. The smallest absolute Gasteiger partial charge is 0.220 e. The topological polar surface area (TPSA) is 55.1 Å². The lowest BCUT2D eigenvalue weighted by atomic mass is 9.91. The van der Waals surface area contributed by atoms with E-state index in [0.29, 0.717) is 24.4 Å². The van der Waals surface area contributed by atoms with Crippen molar-refractivity contribution >= 4 is 5.91 Å². The van der Waals surface area contributed by atoms with Crippen LogP contribution in [0.3, 0.4) is 0 Å². The highest BCUT2D eigenvalue weighted by Gasteiger charge is 2.26. The number of aryl methyl sites for hydroxylation is 1. The van der Waals surface area contributed by atoms with Crippen LogP contribution in [0.4, 0.5) is 0 Å². The summed E-state index contributed by atoms with van der Waals surface area (Å²) in [6, 6.07) is 9.23. The Balaban J connectivity index is 1.53. The van der Waals surface area contributed by atoms with Gasteiger partial charge in [-0.15, -0.1) is 0 Å². The molecule has 3 heteroatoms. The monoisotopic (exact) mass is 272 g/mol. The predicted octanol–water partition coefficient (Wildman–Crippen LogP) is 2.49. The minimum atomic E-state index is 0.215. The molecule has 0 heterocycles. The van der Waals surface area contributed by atoms with E-state index < -0.39 is 0 Å². The summed E-state index contributed by atoms with van der Waals surface area (Å²) in [4.78, 5) is 12.2. The number of rotatable bonds is 3. The van der Waals surface area contributed by atoms with Crippen molar-refractivity contribution < 1.29 is 4.79 Å². The van der Waals surface area contributed by atoms with Crippen molar-refractivity contribution in [2.45, 2.75) is 62.9 Å². The maximum absolute atomic E-state index is 12.2. The summed E-state index contributed by atoms with van der Waals surface area (Å²) < 4.78 is 0. The average molecular weight is 272 g/mol. The predicted molar refractivity (Wildman–Crippen MR) is 80.5 cm³/mol. The lowest BCUT2D eigenvalue weighted by Gasteiger charge is -2.27. The zero-order valence-corrected chi connectivity index (χ0v) is 12.0. The summed E-state index contributed by atoms with van der Waals surface area (Å²) in [5.41, 5.74) is 8.71. The zero-order valence-electron chi connectivity index (χ0n) is 12.0. The van der Waals surface area contributed by atoms with E-state index in [1.807, 2.05) is 0 Å². The fourth-order valence-electron chi connectivity index (χ4n) is 3.63. The molecule has 0 spiro atoms. The molecule has 1 atom stereocenters. The zero-order chi connectivity index (χ0) is 13.9. The van der Waals surface area contributed by atoms with E-state index in [4.69, 9.17) is 5.73 Å². The minimum absolute atomic E-state index is 0.215. The molecular formula is C17H24N2O. The molecule has 1 fully saturated rings. The van der Waals surface area contributed by atoms with Gasteiger partial charge in [0.2, 0.25) is 5.91 Å². The second kappa shape index (κ2) is 5.96. The van der Waals surface area contributed by atoms with Gasteiger partial charge in [0.05, 0.1) is 0 Å². The first-order valence-electron chi connectivity index (χ1n) is 7.85. The fourth-order valence-corrected chi connectivity index (χ4v) is 3.63. The van der Waals surface area contributed by atoms with Crippen molar-refractivity contribution in [1.29, 1.82) is 0 Å². The summed E-state index contributed by atoms with van der Waals surface area (Å²) in [5, 5.41) is 3.20. The molecule has 1 saturated carbocycles. The number of fused-ring (bicyclic) bond motifs is 1. The van der Waals surface area contributed by atoms with E-state index in [1.165, 1.54) is 11.1 Å². The lowest BCUT2D eigenvalue weighted by Crippen LogP contribution is -2.40. The highest BCUT2D eigenvalue weighted by Crippen LogP contribution is 2.35. The first-order valence-corrected chi connectivity index (χ1v) is 7.85. The first-order chi connectivity index (χ1) is 9.72. The Morgan fingerprint density at radius 2 is 1.90 bits per heavy atom. The van der Waals surface area contributed by atoms with Gasteiger partial charge in [-0.25, -0.2) is 0 Å². The van der Waals surface area contributed by atoms with Crippen LogP contribution in [0.2, 0.25) is 0 Å². The van der Waals surface area contributed by atoms with Crippen LogP contribution in [0.25, 0.3) is 0 Å². The summed E-state index contributed by atoms with van der Waals surface area (Å²) >= 11 is 0. The third-order valence-corrected chi connectivity index (χ3v) is 4.83. The average Bonchev–Trinajstić information content (AvgIpc) is 2.85. The van der Waals surface area contributed by atoms with Gasteiger partial charge in [0.15, 0.2) is 0 Å². The van der Waals surface area contributed by atoms with Crippen LogP contribution < -0.4 is 11.1 Å². The molecule has 108 valence electrons. The molecule has 0 aromatic heterocycles. The first kappa shape index (κ1) is 13.6. The van der Waals surface area contributed by atoms with Crippen LogP contribution in [0, 0.1) is 0 Å². The van der Waals surface area contributed by atoms with Gasteiger partial charge in [-0.05, 0) is 55.6 Å². The quantitative estimate of drug-likeness (QED) is 0.888. The summed E-state index contributed by atoms with van der Waals surface area (Å²) in [7, 11) is 0. The van der Waals surface area contributed by atoms with Gasteiger partial charge in [0, 0.05) is 18.5 Å². The maximum Gasteiger partial charge on any atom is 0.220 e. The Labute approximate surface area is 120 Å². The van der Waals surface area contributed by atoms with Crippen LogP contribution >= 0.6 is 0 Å². The van der Waals surface area contributed by atoms with E-state index in [-0.39, 0.29) is 5.91 Å². The Hall–Kier alpha value is -1.35. The van der Waals surface area contributed by atoms with Crippen LogP contribution in [0.15, 0.2) is 24.3 Å². The fraction of sp³-hybridized carbons (Fsp3) is 0.588. The highest BCUT2D eigenvalue weighted by atomic mass is 16.1. The van der Waals surface area contributed by atoms with E-state index in [0.717, 1.165) is 38.5 Å². The molecule has 3 nitrogen and oxygen atoms in total. The Bertz CT molecular complexity index is 478. The third-order valence-electron chi connectivity index (χ3n) is 4.83. The molecule has 1 aromatic carbocycles. The number of hydrogen-bond donors (Lipinski definition) is 2. The molecule has 1 unspecified atom stereocenters. The highest BCUT2D eigenvalue weighted by molar-refractivity contribution is 5.77. The molecular weight excluding hydrogens is 248 g/mol. The lowest BCUT2D eigenvalue weighted by molar-refractivity contribution is -0.122. The summed E-state index contributed by atoms with van der Waals surface area (Å²) in [6.07, 6.45) is 7.02. The second-order valence-corrected chi connectivity index (χ2v) is 6.32. The second-order valence-electron chi connectivity index (χ2n) is 6.32. The molecule has 20 heavy (non-hydrogen) atoms. The molecule has 1 aromatic rings. The van der Waals surface area contributed by atoms with Gasteiger partial charge in [0.1, 0.15) is 0 Å². The number of nitrogens with one attached hydrogen (secondary N) is 1. The normalized spacial score (nSPS) is 28.9. The number of amides is 1. The van der Waals surface area contributed by atoms with Gasteiger partial charge < -0.3 is 11.1 Å². The Morgan fingerprint density at radius 1 is 1.15 bits per heavy atom. The van der Waals surface area contributed by atoms with Crippen LogP contribution in [-0.4, -0.2) is 18.0 Å². The van der Waals surface area contributed by atoms with E-state index in [2.05, 4.69) is 29.6 Å². The number of carbonyl (C=O) groups excluding carboxylic acids is 1. The molecule has 3 rings (SSSR count). The van der Waals surface area contributed by atoms with Gasteiger partial charge in [0.25, 0.3) is 0 Å². The summed E-state index contributed by atoms with van der Waals surface area (Å²) in [6.45, 7) is 0. The number of nitrogens with two attached hydrogens (primary N) is 1. The number of carbonyl (C=O) groups is 1. The maximum atomic E-state index is 12.2. The van der Waals surface area contributed by atoms with Crippen molar-refractivity contribution in [2.75, 3.05) is 0 Å². The van der Waals surface area contributed by atoms with Gasteiger partial charge in [-0.2, -0.15) is 0 Å². The molecule has 3 N–H and O–H groups in total. The standard InChI is InChI=1S/C17H24N2O/c18-14-7-9-15(10-8-14)19-17(20)11-13-6-5-12-3-1-2-4-16(12)13/h1-4,13-15H,5-11,18H2,(H,19,20). The largest absolute Gasteiger partial charge is 0.353 e. The van der Waals surface area contributed by atoms with Crippen molar-refractivity contribution in [2.24, 2.45) is 5.73 Å². The van der Waals surface area contributed by atoms with Crippen molar-refractivity contribution in [3.63, 3.8) is 0 Å². The SMILES string of the molecule is NC1CCC(NC(=O)CC2CCc3ccccc32)CC1. The van der Waals surface area contributed by atoms with Crippen molar-refractivity contribution in [3.05, 3.63) is 35.4 Å². The number of hydrogen-bond acceptors (Lipinski definition) is 2. The molecule has 0 aliphatic heterocycles. The van der Waals surface area contributed by atoms with Crippen LogP contribution in [-0.2, 0) is 11.2 Å². The molecule has 2 aliphatic rings. The number of benzene rings is 1. The van der Waals surface area contributed by atoms with Crippen molar-refractivity contribution in [1.82, 2.24) is 5.32 Å². The van der Waals surface area contributed by atoms with Gasteiger partial charge in [-0.3, -0.25) is 4.79 Å². The molecule has 0 radical (unpaired) electrons. The van der Waals surface area contributed by atoms with Gasteiger partial charge in [-0.1, -0.05) is 24.3 Å². The van der Waals surface area contributed by atoms with Gasteiger partial charge >= 0.3 is 0 Å². The van der Waals surface area contributed by atoms with E-state index in [9.17, 15) is 4.79 Å². The van der Waals surface area contributed by atoms with E-state index >= 15 is 0 Å². The Morgan fingerprint density at radius 3 is 2.70 bits per heavy atom. The molecule has 1 amide bonds. The Kier molecular flexibility index (Phi) is 4.06. The van der Waals surface area contributed by atoms with E-state index in [1.54, 1.807) is 0 Å². The summed E-state index contributed by atoms with van der Waals surface area (Å²) in [5.74, 6) is 0.629.